The lowest BCUT2D eigenvalue weighted by Gasteiger charge is -2.14. The van der Waals surface area contributed by atoms with Crippen molar-refractivity contribution in [2.75, 3.05) is 19.0 Å². The monoisotopic (exact) mass is 221 g/mol. The Hall–Kier alpha value is -1.58. The van der Waals surface area contributed by atoms with E-state index in [2.05, 4.69) is 10.3 Å². The third-order valence-electron chi connectivity index (χ3n) is 2.44. The fraction of sp³-hybridized carbons (Fsp3) is 0.500. The molecule has 0 aromatic carbocycles. The second-order valence-electron chi connectivity index (χ2n) is 3.94. The average molecular weight is 221 g/mol. The second-order valence-corrected chi connectivity index (χ2v) is 3.94. The first-order valence-electron chi connectivity index (χ1n) is 5.45. The number of rotatable bonds is 4. The van der Waals surface area contributed by atoms with Gasteiger partial charge < -0.3 is 10.2 Å². The molecule has 1 aromatic heterocycles. The molecule has 0 fully saturated rings. The lowest BCUT2D eigenvalue weighted by atomic mass is 10.2. The summed E-state index contributed by atoms with van der Waals surface area (Å²) in [6.45, 7) is 4.36. The standard InChI is InChI=1S/C12H19N3O/c1-5-12(16)13-8-10-6-7-11(15(3)4)14-9(10)2/h6-7H,5,8H2,1-4H3,(H,13,16). The van der Waals surface area contributed by atoms with Gasteiger partial charge in [-0.3, -0.25) is 4.79 Å². The van der Waals surface area contributed by atoms with Crippen molar-refractivity contribution in [2.24, 2.45) is 0 Å². The van der Waals surface area contributed by atoms with Gasteiger partial charge in [-0.2, -0.15) is 0 Å². The van der Waals surface area contributed by atoms with Crippen LogP contribution in [-0.4, -0.2) is 25.0 Å². The highest BCUT2D eigenvalue weighted by Gasteiger charge is 2.04. The predicted molar refractivity (Wildman–Crippen MR) is 65.4 cm³/mol. The molecule has 0 bridgehead atoms. The number of nitrogens with zero attached hydrogens (tertiary/aromatic N) is 2. The quantitative estimate of drug-likeness (QED) is 0.837. The molecule has 1 N–H and O–H groups in total. The zero-order valence-electron chi connectivity index (χ0n) is 10.4. The normalized spacial score (nSPS) is 10.0. The first kappa shape index (κ1) is 12.5. The van der Waals surface area contributed by atoms with Crippen LogP contribution in [0.2, 0.25) is 0 Å². The molecule has 4 nitrogen and oxygen atoms in total. The number of anilines is 1. The minimum Gasteiger partial charge on any atom is -0.363 e. The van der Waals surface area contributed by atoms with Crippen molar-refractivity contribution in [2.45, 2.75) is 26.8 Å². The number of carbonyl (C=O) groups excluding carboxylic acids is 1. The highest BCUT2D eigenvalue weighted by molar-refractivity contribution is 5.75. The lowest BCUT2D eigenvalue weighted by Crippen LogP contribution is -2.22. The molecule has 1 amide bonds. The zero-order chi connectivity index (χ0) is 12.1. The van der Waals surface area contributed by atoms with Gasteiger partial charge in [0, 0.05) is 32.8 Å². The van der Waals surface area contributed by atoms with E-state index in [9.17, 15) is 4.79 Å². The summed E-state index contributed by atoms with van der Waals surface area (Å²) >= 11 is 0. The van der Waals surface area contributed by atoms with Crippen LogP contribution in [0.25, 0.3) is 0 Å². The van der Waals surface area contributed by atoms with Crippen LogP contribution in [-0.2, 0) is 11.3 Å². The molecule has 0 aliphatic heterocycles. The fourth-order valence-electron chi connectivity index (χ4n) is 1.33. The van der Waals surface area contributed by atoms with Crippen molar-refractivity contribution in [3.8, 4) is 0 Å². The number of carbonyl (C=O) groups is 1. The first-order valence-corrected chi connectivity index (χ1v) is 5.45. The number of pyridine rings is 1. The van der Waals surface area contributed by atoms with Crippen molar-refractivity contribution >= 4 is 11.7 Å². The van der Waals surface area contributed by atoms with Crippen molar-refractivity contribution in [1.82, 2.24) is 10.3 Å². The Morgan fingerprint density at radius 1 is 1.44 bits per heavy atom. The summed E-state index contributed by atoms with van der Waals surface area (Å²) in [6.07, 6.45) is 0.516. The van der Waals surface area contributed by atoms with Gasteiger partial charge >= 0.3 is 0 Å². The molecule has 0 saturated heterocycles. The number of hydrogen-bond donors (Lipinski definition) is 1. The summed E-state index contributed by atoms with van der Waals surface area (Å²) < 4.78 is 0. The molecule has 0 radical (unpaired) electrons. The number of amides is 1. The molecule has 1 rings (SSSR count). The molecule has 0 aliphatic carbocycles. The molecule has 4 heteroatoms. The van der Waals surface area contributed by atoms with E-state index in [0.717, 1.165) is 17.1 Å². The summed E-state index contributed by atoms with van der Waals surface area (Å²) in [5.74, 6) is 0.999. The Bertz CT molecular complexity index is 375. The number of aromatic nitrogens is 1. The lowest BCUT2D eigenvalue weighted by molar-refractivity contribution is -0.120. The summed E-state index contributed by atoms with van der Waals surface area (Å²) in [4.78, 5) is 17.5. The van der Waals surface area contributed by atoms with Crippen LogP contribution in [0.15, 0.2) is 12.1 Å². The third kappa shape index (κ3) is 3.22. The van der Waals surface area contributed by atoms with Gasteiger partial charge in [-0.05, 0) is 18.6 Å². The van der Waals surface area contributed by atoms with Crippen molar-refractivity contribution in [3.05, 3.63) is 23.4 Å². The average Bonchev–Trinajstić information content (AvgIpc) is 2.26. The van der Waals surface area contributed by atoms with Gasteiger partial charge in [0.1, 0.15) is 5.82 Å². The maximum absolute atomic E-state index is 11.1. The largest absolute Gasteiger partial charge is 0.363 e. The van der Waals surface area contributed by atoms with Crippen LogP contribution in [0, 0.1) is 6.92 Å². The van der Waals surface area contributed by atoms with Gasteiger partial charge in [-0.15, -0.1) is 0 Å². The predicted octanol–water partition coefficient (Wildman–Crippen LogP) is 1.48. The highest BCUT2D eigenvalue weighted by atomic mass is 16.1. The van der Waals surface area contributed by atoms with E-state index < -0.39 is 0 Å². The van der Waals surface area contributed by atoms with Crippen LogP contribution in [0.5, 0.6) is 0 Å². The molecular weight excluding hydrogens is 202 g/mol. The summed E-state index contributed by atoms with van der Waals surface area (Å²) in [7, 11) is 3.92. The van der Waals surface area contributed by atoms with Gasteiger partial charge in [-0.1, -0.05) is 13.0 Å². The molecule has 1 aromatic rings. The van der Waals surface area contributed by atoms with Crippen molar-refractivity contribution in [1.29, 1.82) is 0 Å². The smallest absolute Gasteiger partial charge is 0.219 e. The van der Waals surface area contributed by atoms with E-state index in [0.29, 0.717) is 13.0 Å². The molecular formula is C12H19N3O. The SMILES string of the molecule is CCC(=O)NCc1ccc(N(C)C)nc1C. The summed E-state index contributed by atoms with van der Waals surface area (Å²) in [5.41, 5.74) is 2.02. The van der Waals surface area contributed by atoms with Gasteiger partial charge in [0.25, 0.3) is 0 Å². The van der Waals surface area contributed by atoms with E-state index in [4.69, 9.17) is 0 Å². The first-order chi connectivity index (χ1) is 7.54. The van der Waals surface area contributed by atoms with Crippen LogP contribution < -0.4 is 10.2 Å². The highest BCUT2D eigenvalue weighted by Crippen LogP contribution is 2.12. The Labute approximate surface area is 96.7 Å². The molecule has 88 valence electrons. The van der Waals surface area contributed by atoms with Crippen LogP contribution in [0.1, 0.15) is 24.6 Å². The Kier molecular flexibility index (Phi) is 4.28. The second kappa shape index (κ2) is 5.49. The van der Waals surface area contributed by atoms with E-state index in [1.54, 1.807) is 0 Å². The molecule has 1 heterocycles. The molecule has 16 heavy (non-hydrogen) atoms. The fourth-order valence-corrected chi connectivity index (χ4v) is 1.33. The Morgan fingerprint density at radius 3 is 2.62 bits per heavy atom. The van der Waals surface area contributed by atoms with Crippen LogP contribution >= 0.6 is 0 Å². The minimum absolute atomic E-state index is 0.0658. The number of hydrogen-bond acceptors (Lipinski definition) is 3. The maximum Gasteiger partial charge on any atom is 0.219 e. The van der Waals surface area contributed by atoms with E-state index in [1.807, 2.05) is 45.0 Å². The van der Waals surface area contributed by atoms with Gasteiger partial charge in [0.2, 0.25) is 5.91 Å². The minimum atomic E-state index is 0.0658. The van der Waals surface area contributed by atoms with Gasteiger partial charge in [-0.25, -0.2) is 4.98 Å². The number of aryl methyl sites for hydroxylation is 1. The molecule has 0 unspecified atom stereocenters. The molecule has 0 atom stereocenters. The topological polar surface area (TPSA) is 45.2 Å². The molecule has 0 saturated carbocycles. The summed E-state index contributed by atoms with van der Waals surface area (Å²) in [5, 5.41) is 2.85. The third-order valence-corrected chi connectivity index (χ3v) is 2.44. The van der Waals surface area contributed by atoms with Crippen molar-refractivity contribution in [3.63, 3.8) is 0 Å². The Morgan fingerprint density at radius 2 is 2.12 bits per heavy atom. The molecule has 0 aliphatic rings. The van der Waals surface area contributed by atoms with Gasteiger partial charge in [0.05, 0.1) is 0 Å². The molecule has 0 spiro atoms. The van der Waals surface area contributed by atoms with E-state index in [1.165, 1.54) is 0 Å². The van der Waals surface area contributed by atoms with Crippen LogP contribution in [0.3, 0.4) is 0 Å². The van der Waals surface area contributed by atoms with Crippen molar-refractivity contribution < 1.29 is 4.79 Å². The van der Waals surface area contributed by atoms with Crippen LogP contribution in [0.4, 0.5) is 5.82 Å². The van der Waals surface area contributed by atoms with Gasteiger partial charge in [0.15, 0.2) is 0 Å². The van der Waals surface area contributed by atoms with E-state index >= 15 is 0 Å². The number of nitrogens with one attached hydrogen (secondary N) is 1. The summed E-state index contributed by atoms with van der Waals surface area (Å²) in [6, 6.07) is 3.97. The maximum atomic E-state index is 11.1. The Balaban J connectivity index is 2.72. The van der Waals surface area contributed by atoms with E-state index in [-0.39, 0.29) is 5.91 Å². The zero-order valence-corrected chi connectivity index (χ0v) is 10.4.